The van der Waals surface area contributed by atoms with Gasteiger partial charge in [-0.15, -0.1) is 0 Å². The van der Waals surface area contributed by atoms with Crippen LogP contribution in [0.2, 0.25) is 0 Å². The van der Waals surface area contributed by atoms with Crippen LogP contribution in [0.15, 0.2) is 103 Å². The SMILES string of the molecule is NCCCCCNC(=O)c1cccc(-c2cccc(CN(CCc3ccc(OC(=O)C(F)(F)F)cc3)C(=O)CCCc3ccccc3)c2)c1. The van der Waals surface area contributed by atoms with Crippen molar-refractivity contribution in [3.05, 3.63) is 125 Å². The molecule has 0 bridgehead atoms. The highest BCUT2D eigenvalue weighted by molar-refractivity contribution is 5.95. The Kier molecular flexibility index (Phi) is 14.0. The topological polar surface area (TPSA) is 102 Å². The molecule has 4 aromatic rings. The van der Waals surface area contributed by atoms with E-state index >= 15 is 0 Å². The first-order valence-corrected chi connectivity index (χ1v) is 16.5. The molecule has 0 saturated heterocycles. The number of unbranched alkanes of at least 4 members (excludes halogenated alkanes) is 2. The van der Waals surface area contributed by atoms with E-state index in [9.17, 15) is 27.6 Å². The predicted molar refractivity (Wildman–Crippen MR) is 184 cm³/mol. The lowest BCUT2D eigenvalue weighted by Crippen LogP contribution is -2.32. The van der Waals surface area contributed by atoms with Gasteiger partial charge in [0.1, 0.15) is 5.75 Å². The largest absolute Gasteiger partial charge is 0.491 e. The van der Waals surface area contributed by atoms with Gasteiger partial charge in [-0.25, -0.2) is 4.79 Å². The van der Waals surface area contributed by atoms with Crippen molar-refractivity contribution in [2.75, 3.05) is 19.6 Å². The van der Waals surface area contributed by atoms with E-state index in [0.29, 0.717) is 51.0 Å². The number of nitrogens with two attached hydrogens (primary N) is 1. The molecule has 0 saturated carbocycles. The Bertz CT molecular complexity index is 1660. The molecule has 0 unspecified atom stereocenters. The summed E-state index contributed by atoms with van der Waals surface area (Å²) in [5.74, 6) is -2.63. The number of rotatable bonds is 17. The van der Waals surface area contributed by atoms with Crippen molar-refractivity contribution in [3.8, 4) is 16.9 Å². The summed E-state index contributed by atoms with van der Waals surface area (Å²) in [7, 11) is 0. The molecule has 0 aliphatic rings. The number of carbonyl (C=O) groups is 3. The van der Waals surface area contributed by atoms with E-state index in [1.807, 2.05) is 72.8 Å². The molecule has 0 aliphatic heterocycles. The fraction of sp³-hybridized carbons (Fsp3) is 0.308. The maximum absolute atomic E-state index is 13.6. The van der Waals surface area contributed by atoms with Gasteiger partial charge in [-0.3, -0.25) is 9.59 Å². The fourth-order valence-electron chi connectivity index (χ4n) is 5.35. The molecule has 0 fully saturated rings. The summed E-state index contributed by atoms with van der Waals surface area (Å²) in [5, 5.41) is 2.97. The summed E-state index contributed by atoms with van der Waals surface area (Å²) in [4.78, 5) is 39.3. The lowest BCUT2D eigenvalue weighted by molar-refractivity contribution is -0.189. The first-order valence-electron chi connectivity index (χ1n) is 16.5. The molecule has 0 atom stereocenters. The summed E-state index contributed by atoms with van der Waals surface area (Å²) in [6.45, 7) is 1.95. The van der Waals surface area contributed by atoms with Crippen molar-refractivity contribution in [3.63, 3.8) is 0 Å². The predicted octanol–water partition coefficient (Wildman–Crippen LogP) is 7.27. The lowest BCUT2D eigenvalue weighted by Gasteiger charge is -2.24. The molecule has 0 aromatic heterocycles. The molecule has 7 nitrogen and oxygen atoms in total. The number of ether oxygens (including phenoxy) is 1. The minimum absolute atomic E-state index is 0.0119. The molecule has 3 N–H and O–H groups in total. The molecule has 4 aromatic carbocycles. The highest BCUT2D eigenvalue weighted by Gasteiger charge is 2.41. The quantitative estimate of drug-likeness (QED) is 0.0698. The molecule has 4 rings (SSSR count). The fourth-order valence-corrected chi connectivity index (χ4v) is 5.35. The van der Waals surface area contributed by atoms with Crippen molar-refractivity contribution in [2.24, 2.45) is 5.73 Å². The van der Waals surface area contributed by atoms with Crippen LogP contribution in [0.5, 0.6) is 5.75 Å². The minimum atomic E-state index is -5.08. The van der Waals surface area contributed by atoms with Gasteiger partial charge in [0.2, 0.25) is 5.91 Å². The van der Waals surface area contributed by atoms with E-state index in [2.05, 4.69) is 10.1 Å². The van der Waals surface area contributed by atoms with Gasteiger partial charge in [-0.05, 0) is 96.8 Å². The van der Waals surface area contributed by atoms with Crippen molar-refractivity contribution >= 4 is 17.8 Å². The second-order valence-corrected chi connectivity index (χ2v) is 11.8. The van der Waals surface area contributed by atoms with Crippen LogP contribution in [0.3, 0.4) is 0 Å². The first kappa shape index (κ1) is 36.9. The van der Waals surface area contributed by atoms with Crippen LogP contribution in [0.4, 0.5) is 13.2 Å². The zero-order valence-corrected chi connectivity index (χ0v) is 27.4. The number of nitrogens with zero attached hydrogens (tertiary/aromatic N) is 1. The standard InChI is InChI=1S/C39H42F3N3O4/c40-39(41,42)38(48)49-35-20-18-30(19-21-35)22-25-45(36(46)17-8-12-29-10-3-1-4-11-29)28-31-13-7-14-32(26-31)33-15-9-16-34(27-33)37(47)44-24-6-2-5-23-43/h1,3-4,7,9-11,13-16,18-21,26-27H,2,5-6,8,12,17,22-25,28,43H2,(H,44,47). The normalized spacial score (nSPS) is 11.2. The number of halogens is 3. The second kappa shape index (κ2) is 18.5. The van der Waals surface area contributed by atoms with Crippen LogP contribution in [0.1, 0.15) is 59.2 Å². The van der Waals surface area contributed by atoms with Gasteiger partial charge in [0.25, 0.3) is 5.91 Å². The van der Waals surface area contributed by atoms with Crippen molar-refractivity contribution in [1.82, 2.24) is 10.2 Å². The maximum atomic E-state index is 13.6. The average Bonchev–Trinajstić information content (AvgIpc) is 3.10. The zero-order chi connectivity index (χ0) is 35.1. The van der Waals surface area contributed by atoms with Gasteiger partial charge in [0, 0.05) is 31.6 Å². The van der Waals surface area contributed by atoms with Gasteiger partial charge in [-0.2, -0.15) is 13.2 Å². The molecule has 0 heterocycles. The lowest BCUT2D eigenvalue weighted by atomic mass is 10.0. The molecule has 49 heavy (non-hydrogen) atoms. The van der Waals surface area contributed by atoms with Gasteiger partial charge < -0.3 is 20.7 Å². The van der Waals surface area contributed by atoms with Crippen LogP contribution in [0, 0.1) is 0 Å². The Morgan fingerprint density at radius 1 is 0.714 bits per heavy atom. The van der Waals surface area contributed by atoms with E-state index < -0.39 is 12.1 Å². The van der Waals surface area contributed by atoms with E-state index in [1.54, 1.807) is 23.1 Å². The van der Waals surface area contributed by atoms with Gasteiger partial charge in [-0.1, -0.05) is 79.2 Å². The van der Waals surface area contributed by atoms with E-state index in [4.69, 9.17) is 5.73 Å². The molecule has 10 heteroatoms. The third-order valence-corrected chi connectivity index (χ3v) is 8.01. The number of carbonyl (C=O) groups excluding carboxylic acids is 3. The number of aryl methyl sites for hydroxylation is 1. The number of amides is 2. The molecule has 0 spiro atoms. The molecule has 258 valence electrons. The number of alkyl halides is 3. The number of esters is 1. The Labute approximate surface area is 285 Å². The maximum Gasteiger partial charge on any atom is 0.491 e. The molecule has 0 aliphatic carbocycles. The molecular formula is C39H42F3N3O4. The van der Waals surface area contributed by atoms with Gasteiger partial charge >= 0.3 is 12.1 Å². The Morgan fingerprint density at radius 2 is 1.39 bits per heavy atom. The summed E-state index contributed by atoms with van der Waals surface area (Å²) in [6, 6.07) is 31.0. The Hall–Kier alpha value is -4.96. The Morgan fingerprint density at radius 3 is 2.10 bits per heavy atom. The number of benzene rings is 4. The van der Waals surface area contributed by atoms with Crippen molar-refractivity contribution in [2.45, 2.75) is 57.7 Å². The highest BCUT2D eigenvalue weighted by atomic mass is 19.4. The van der Waals surface area contributed by atoms with E-state index in [0.717, 1.165) is 53.5 Å². The highest BCUT2D eigenvalue weighted by Crippen LogP contribution is 2.24. The van der Waals surface area contributed by atoms with Crippen LogP contribution in [-0.4, -0.2) is 48.5 Å². The summed E-state index contributed by atoms with van der Waals surface area (Å²) in [6.07, 6.45) is -0.0746. The molecular weight excluding hydrogens is 631 g/mol. The van der Waals surface area contributed by atoms with E-state index in [-0.39, 0.29) is 17.6 Å². The van der Waals surface area contributed by atoms with Crippen LogP contribution < -0.4 is 15.8 Å². The van der Waals surface area contributed by atoms with Crippen molar-refractivity contribution in [1.29, 1.82) is 0 Å². The van der Waals surface area contributed by atoms with E-state index in [1.165, 1.54) is 12.1 Å². The van der Waals surface area contributed by atoms with Crippen LogP contribution in [-0.2, 0) is 29.0 Å². The monoisotopic (exact) mass is 673 g/mol. The van der Waals surface area contributed by atoms with Gasteiger partial charge in [0.05, 0.1) is 0 Å². The molecule has 2 amide bonds. The second-order valence-electron chi connectivity index (χ2n) is 11.8. The summed E-state index contributed by atoms with van der Waals surface area (Å²) in [5.41, 5.74) is 10.7. The van der Waals surface area contributed by atoms with Crippen LogP contribution in [0.25, 0.3) is 11.1 Å². The van der Waals surface area contributed by atoms with Crippen molar-refractivity contribution < 1.29 is 32.3 Å². The molecule has 0 radical (unpaired) electrons. The summed E-state index contributed by atoms with van der Waals surface area (Å²) >= 11 is 0. The average molecular weight is 674 g/mol. The Balaban J connectivity index is 1.44. The number of nitrogens with one attached hydrogen (secondary N) is 1. The first-order chi connectivity index (χ1) is 23.6. The third-order valence-electron chi connectivity index (χ3n) is 8.01. The number of hydrogen-bond donors (Lipinski definition) is 2. The minimum Gasteiger partial charge on any atom is -0.420 e. The summed E-state index contributed by atoms with van der Waals surface area (Å²) < 4.78 is 42.1. The smallest absolute Gasteiger partial charge is 0.420 e. The third kappa shape index (κ3) is 12.2. The zero-order valence-electron chi connectivity index (χ0n) is 27.4. The number of hydrogen-bond acceptors (Lipinski definition) is 5. The van der Waals surface area contributed by atoms with Gasteiger partial charge in [0.15, 0.2) is 0 Å². The van der Waals surface area contributed by atoms with Crippen LogP contribution >= 0.6 is 0 Å².